The van der Waals surface area contributed by atoms with E-state index in [1.54, 1.807) is 0 Å². The molecule has 1 spiro atoms. The quantitative estimate of drug-likeness (QED) is 0.151. The van der Waals surface area contributed by atoms with Gasteiger partial charge in [0.25, 0.3) is 0 Å². The zero-order valence-electron chi connectivity index (χ0n) is 33.1. The molecule has 14 nitrogen and oxygen atoms in total. The number of aliphatic hydroxyl groups is 6. The number of ether oxygens (including phenoxy) is 5. The van der Waals surface area contributed by atoms with Gasteiger partial charge < -0.3 is 64.2 Å². The number of aliphatic hydroxyl groups excluding tert-OH is 6. The van der Waals surface area contributed by atoms with Crippen LogP contribution in [0.15, 0.2) is 0 Å². The fourth-order valence-electron chi connectivity index (χ4n) is 14.7. The molecule has 55 heavy (non-hydrogen) atoms. The second kappa shape index (κ2) is 13.1. The molecule has 2 bridgehead atoms. The smallest absolute Gasteiger partial charge is 0.335 e. The fourth-order valence-corrected chi connectivity index (χ4v) is 14.7. The Morgan fingerprint density at radius 3 is 2.15 bits per heavy atom. The summed E-state index contributed by atoms with van der Waals surface area (Å²) in [5, 5.41) is 74.6. The summed E-state index contributed by atoms with van der Waals surface area (Å²) in [4.78, 5) is 24.2. The molecule has 8 fully saturated rings. The highest BCUT2D eigenvalue weighted by Crippen LogP contribution is 2.80. The number of aliphatic carboxylic acids is 1. The van der Waals surface area contributed by atoms with Crippen LogP contribution in [0.4, 0.5) is 0 Å². The van der Waals surface area contributed by atoms with E-state index in [2.05, 4.69) is 41.5 Å². The molecule has 20 atom stereocenters. The summed E-state index contributed by atoms with van der Waals surface area (Å²) in [7, 11) is 0. The van der Waals surface area contributed by atoms with E-state index in [9.17, 15) is 45.3 Å². The van der Waals surface area contributed by atoms with Crippen molar-refractivity contribution >= 4 is 12.3 Å². The molecule has 8 aliphatic rings. The zero-order chi connectivity index (χ0) is 39.9. The number of aldehydes is 1. The summed E-state index contributed by atoms with van der Waals surface area (Å²) in [5.74, 6) is -0.872. The molecular formula is C41H64O14. The minimum atomic E-state index is -1.92. The number of fused-ring (bicyclic) bond motifs is 4. The van der Waals surface area contributed by atoms with E-state index in [-0.39, 0.29) is 46.2 Å². The third kappa shape index (κ3) is 5.38. The molecule has 14 heteroatoms. The highest BCUT2D eigenvalue weighted by Gasteiger charge is 2.80. The predicted octanol–water partition coefficient (Wildman–Crippen LogP) is 1.91. The molecule has 0 unspecified atom stereocenters. The Morgan fingerprint density at radius 1 is 0.745 bits per heavy atom. The SMILES string of the molecule is CC1(C)[C@@H](O[C@@H]2OC[C@@H](O)[C@H](O)[C@H]2O[C@@H]2O[C@H](C(=O)O)[C@@H](O)[C@H](O)[C@H]2O)CC[C@]2(C)[C@H]3CC[C@]45OC[C@@]6(CC[C@](C)(C=O)C[C@H]64)[C@H](O)C[C@@]5(C)[C@]3(C)CC[C@@H]12. The molecule has 0 aromatic carbocycles. The second-order valence-corrected chi connectivity index (χ2v) is 20.7. The van der Waals surface area contributed by atoms with Gasteiger partial charge in [0.05, 0.1) is 31.0 Å². The Morgan fingerprint density at radius 2 is 1.45 bits per heavy atom. The van der Waals surface area contributed by atoms with Crippen LogP contribution in [-0.2, 0) is 33.3 Å². The predicted molar refractivity (Wildman–Crippen MR) is 192 cm³/mol. The van der Waals surface area contributed by atoms with Crippen molar-refractivity contribution in [3.05, 3.63) is 0 Å². The maximum absolute atomic E-state index is 12.4. The van der Waals surface area contributed by atoms with E-state index in [0.717, 1.165) is 57.7 Å². The van der Waals surface area contributed by atoms with Crippen molar-refractivity contribution in [2.45, 2.75) is 179 Å². The number of hydrogen-bond acceptors (Lipinski definition) is 13. The van der Waals surface area contributed by atoms with Gasteiger partial charge in [-0.05, 0) is 98.2 Å². The maximum Gasteiger partial charge on any atom is 0.335 e. The van der Waals surface area contributed by atoms with Gasteiger partial charge in [-0.1, -0.05) is 41.5 Å². The van der Waals surface area contributed by atoms with Crippen LogP contribution in [0.5, 0.6) is 0 Å². The van der Waals surface area contributed by atoms with Crippen molar-refractivity contribution in [1.82, 2.24) is 0 Å². The van der Waals surface area contributed by atoms with Gasteiger partial charge in [0.15, 0.2) is 18.7 Å². The van der Waals surface area contributed by atoms with E-state index in [4.69, 9.17) is 23.7 Å². The molecule has 0 radical (unpaired) electrons. The zero-order valence-corrected chi connectivity index (χ0v) is 33.1. The van der Waals surface area contributed by atoms with E-state index in [1.165, 1.54) is 0 Å². The van der Waals surface area contributed by atoms with Gasteiger partial charge in [-0.3, -0.25) is 0 Å². The molecule has 3 heterocycles. The summed E-state index contributed by atoms with van der Waals surface area (Å²) in [5.41, 5.74) is -2.01. The van der Waals surface area contributed by atoms with Crippen LogP contribution in [0.3, 0.4) is 0 Å². The van der Waals surface area contributed by atoms with Gasteiger partial charge in [0.2, 0.25) is 0 Å². The van der Waals surface area contributed by atoms with E-state index < -0.39 is 83.8 Å². The molecule has 5 aliphatic carbocycles. The number of hydrogen-bond donors (Lipinski definition) is 7. The summed E-state index contributed by atoms with van der Waals surface area (Å²) in [6.45, 7) is 14.1. The van der Waals surface area contributed by atoms with E-state index in [0.29, 0.717) is 25.4 Å². The van der Waals surface area contributed by atoms with Crippen LogP contribution in [0.25, 0.3) is 0 Å². The Labute approximate surface area is 323 Å². The van der Waals surface area contributed by atoms with Crippen molar-refractivity contribution in [2.24, 2.45) is 50.2 Å². The first-order valence-electron chi connectivity index (χ1n) is 20.6. The molecular weight excluding hydrogens is 716 g/mol. The van der Waals surface area contributed by atoms with Crippen molar-refractivity contribution in [3.63, 3.8) is 0 Å². The molecule has 0 amide bonds. The minimum absolute atomic E-state index is 0.0785. The van der Waals surface area contributed by atoms with Crippen LogP contribution in [-0.4, -0.2) is 134 Å². The van der Waals surface area contributed by atoms with E-state index in [1.807, 2.05) is 0 Å². The largest absolute Gasteiger partial charge is 0.479 e. The molecule has 8 rings (SSSR count). The van der Waals surface area contributed by atoms with Crippen molar-refractivity contribution < 1.29 is 69.0 Å². The maximum atomic E-state index is 12.4. The van der Waals surface area contributed by atoms with Gasteiger partial charge >= 0.3 is 5.97 Å². The molecule has 3 aliphatic heterocycles. The van der Waals surface area contributed by atoms with Gasteiger partial charge in [0, 0.05) is 16.2 Å². The van der Waals surface area contributed by atoms with Gasteiger partial charge in [-0.25, -0.2) is 4.79 Å². The summed E-state index contributed by atoms with van der Waals surface area (Å²) in [6, 6.07) is 0. The summed E-state index contributed by atoms with van der Waals surface area (Å²) in [6.07, 6.45) is -6.34. The highest BCUT2D eigenvalue weighted by atomic mass is 16.8. The van der Waals surface area contributed by atoms with Crippen molar-refractivity contribution in [1.29, 1.82) is 0 Å². The molecule has 0 aromatic rings. The third-order valence-electron chi connectivity index (χ3n) is 18.1. The lowest BCUT2D eigenvalue weighted by Gasteiger charge is -2.75. The average molecular weight is 781 g/mol. The highest BCUT2D eigenvalue weighted by molar-refractivity contribution is 5.73. The van der Waals surface area contributed by atoms with Crippen LogP contribution < -0.4 is 0 Å². The van der Waals surface area contributed by atoms with Crippen molar-refractivity contribution in [2.75, 3.05) is 13.2 Å². The third-order valence-corrected chi connectivity index (χ3v) is 18.1. The number of carboxylic acids is 1. The van der Waals surface area contributed by atoms with Crippen LogP contribution in [0.1, 0.15) is 106 Å². The minimum Gasteiger partial charge on any atom is -0.479 e. The number of rotatable bonds is 6. The Hall–Kier alpha value is -1.30. The van der Waals surface area contributed by atoms with Crippen LogP contribution in [0, 0.1) is 50.2 Å². The first kappa shape index (κ1) is 40.5. The normalized spacial score (nSPS) is 58.4. The lowest BCUT2D eigenvalue weighted by atomic mass is 9.30. The molecule has 5 saturated carbocycles. The lowest BCUT2D eigenvalue weighted by molar-refractivity contribution is -0.364. The Kier molecular flexibility index (Phi) is 9.64. The molecule has 7 N–H and O–H groups in total. The molecule has 3 saturated heterocycles. The topological polar surface area (TPSA) is 222 Å². The monoisotopic (exact) mass is 780 g/mol. The van der Waals surface area contributed by atoms with Crippen LogP contribution in [0.2, 0.25) is 0 Å². The Bertz CT molecular complexity index is 1530. The number of carboxylic acid groups (broad SMARTS) is 1. The molecule has 312 valence electrons. The van der Waals surface area contributed by atoms with Gasteiger partial charge in [-0.15, -0.1) is 0 Å². The van der Waals surface area contributed by atoms with E-state index >= 15 is 0 Å². The Balaban J connectivity index is 1.04. The first-order chi connectivity index (χ1) is 25.6. The van der Waals surface area contributed by atoms with Crippen molar-refractivity contribution in [3.8, 4) is 0 Å². The lowest BCUT2D eigenvalue weighted by Crippen LogP contribution is -2.74. The fraction of sp³-hybridized carbons (Fsp3) is 0.951. The molecule has 0 aromatic heterocycles. The summed E-state index contributed by atoms with van der Waals surface area (Å²) < 4.78 is 31.0. The van der Waals surface area contributed by atoms with Gasteiger partial charge in [-0.2, -0.15) is 0 Å². The van der Waals surface area contributed by atoms with Gasteiger partial charge in [0.1, 0.15) is 42.9 Å². The first-order valence-corrected chi connectivity index (χ1v) is 20.6. The number of carbonyl (C=O) groups excluding carboxylic acids is 1. The van der Waals surface area contributed by atoms with Crippen LogP contribution >= 0.6 is 0 Å². The average Bonchev–Trinajstić information content (AvgIpc) is 3.41. The number of carbonyl (C=O) groups is 2. The summed E-state index contributed by atoms with van der Waals surface area (Å²) >= 11 is 0. The second-order valence-electron chi connectivity index (χ2n) is 20.7. The standard InChI is InChI=1S/C41H64O14/c1-35(2)21-7-11-38(5)22(8-12-41-23-15-36(3,18-42)13-14-40(23,19-52-41)24(44)16-39(38,41)6)37(21,4)10-9-25(35)53-34-31(26(45)20(43)17-51-34)55-33-29(48)27(46)28(47)30(54-33)32(49)50/h18,20-31,33-34,43-48H,7-17,19H2,1-6H3,(H,49,50)/t20-,21+,22-,23-,24-,25+,26+,27+,28+,29-,30+,31-,33+,34+,36+,37+,38-,39+,40-,41+/m1/s1.